The second kappa shape index (κ2) is 4.81. The van der Waals surface area contributed by atoms with Crippen LogP contribution in [-0.2, 0) is 4.79 Å². The average molecular weight is 249 g/mol. The van der Waals surface area contributed by atoms with Crippen molar-refractivity contribution in [3.8, 4) is 0 Å². The van der Waals surface area contributed by atoms with Gasteiger partial charge in [-0.3, -0.25) is 4.79 Å². The molecule has 0 radical (unpaired) electrons. The molecule has 0 aromatic carbocycles. The molecule has 1 heterocycles. The fraction of sp³-hybridized carbons (Fsp3) is 0.909. The molecule has 94 valence electrons. The zero-order valence-electron chi connectivity index (χ0n) is 10.4. The summed E-state index contributed by atoms with van der Waals surface area (Å²) in [5, 5.41) is 0. The third-order valence-electron chi connectivity index (χ3n) is 3.21. The number of hydrogen-bond acceptors (Lipinski definition) is 1. The molecule has 0 aromatic heterocycles. The van der Waals surface area contributed by atoms with Gasteiger partial charge in [0.05, 0.1) is 0 Å². The van der Waals surface area contributed by atoms with Gasteiger partial charge in [-0.2, -0.15) is 0 Å². The van der Waals surface area contributed by atoms with Crippen molar-refractivity contribution < 1.29 is 13.6 Å². The molecule has 0 saturated carbocycles. The Morgan fingerprint density at radius 1 is 1.25 bits per heavy atom. The van der Waals surface area contributed by atoms with E-state index in [-0.39, 0.29) is 18.7 Å². The normalized spacial score (nSPS) is 17.9. The topological polar surface area (TPSA) is 20.3 Å². The maximum atomic E-state index is 13.7. The van der Waals surface area contributed by atoms with E-state index in [0.29, 0.717) is 0 Å². The first-order chi connectivity index (χ1) is 7.24. The van der Waals surface area contributed by atoms with E-state index in [1.807, 2.05) is 0 Å². The number of carbonyl (C=O) groups is 1. The average Bonchev–Trinajstić information content (AvgIpc) is 2.65. The number of halogens is 2. The van der Waals surface area contributed by atoms with E-state index >= 15 is 0 Å². The number of nitrogens with zero attached hydrogens (tertiary/aromatic N) is 1. The van der Waals surface area contributed by atoms with Crippen molar-refractivity contribution in [1.82, 2.24) is 4.90 Å². The summed E-state index contributed by atoms with van der Waals surface area (Å²) >= 11 is 0. The number of carbonyl (C=O) groups excluding carboxylic acids is 1. The standard InChI is InChI=1S/C11H21F2NOSi/c1-16(2,3)11(12,13)7-6-10(15)14-8-4-5-9-14/h4-9H2,1-3H3. The Hall–Kier alpha value is -0.453. The minimum Gasteiger partial charge on any atom is -0.343 e. The molecule has 16 heavy (non-hydrogen) atoms. The summed E-state index contributed by atoms with van der Waals surface area (Å²) in [5.41, 5.74) is -2.64. The van der Waals surface area contributed by atoms with Crippen LogP contribution in [0.3, 0.4) is 0 Å². The monoisotopic (exact) mass is 249 g/mol. The minimum absolute atomic E-state index is 0.00271. The van der Waals surface area contributed by atoms with Crippen LogP contribution in [-0.4, -0.2) is 37.5 Å². The van der Waals surface area contributed by atoms with Crippen LogP contribution < -0.4 is 0 Å². The Bertz CT molecular complexity index is 257. The van der Waals surface area contributed by atoms with Gasteiger partial charge in [0, 0.05) is 25.9 Å². The van der Waals surface area contributed by atoms with Gasteiger partial charge in [0.2, 0.25) is 11.5 Å². The van der Waals surface area contributed by atoms with Crippen molar-refractivity contribution in [3.63, 3.8) is 0 Å². The number of likely N-dealkylation sites (tertiary alicyclic amines) is 1. The van der Waals surface area contributed by atoms with Crippen molar-refractivity contribution >= 4 is 14.0 Å². The van der Waals surface area contributed by atoms with Gasteiger partial charge in [-0.15, -0.1) is 0 Å². The zero-order chi connectivity index (χ0) is 12.4. The Labute approximate surface area is 97.0 Å². The molecule has 0 N–H and O–H groups in total. The van der Waals surface area contributed by atoms with Gasteiger partial charge < -0.3 is 4.90 Å². The van der Waals surface area contributed by atoms with Crippen LogP contribution in [0, 0.1) is 0 Å². The molecular weight excluding hydrogens is 228 g/mol. The third kappa shape index (κ3) is 3.27. The summed E-state index contributed by atoms with van der Waals surface area (Å²) in [6.07, 6.45) is 1.74. The molecule has 0 bridgehead atoms. The second-order valence-electron chi connectivity index (χ2n) is 5.54. The van der Waals surface area contributed by atoms with Gasteiger partial charge in [-0.25, -0.2) is 8.78 Å². The lowest BCUT2D eigenvalue weighted by molar-refractivity contribution is -0.131. The molecule has 5 heteroatoms. The van der Waals surface area contributed by atoms with Crippen molar-refractivity contribution in [2.24, 2.45) is 0 Å². The number of rotatable bonds is 4. The molecule has 1 fully saturated rings. The predicted octanol–water partition coefficient (Wildman–Crippen LogP) is 2.90. The second-order valence-corrected chi connectivity index (χ2v) is 10.8. The number of amides is 1. The molecule has 0 aliphatic carbocycles. The summed E-state index contributed by atoms with van der Waals surface area (Å²) in [6, 6.07) is 0. The zero-order valence-corrected chi connectivity index (χ0v) is 11.4. The van der Waals surface area contributed by atoms with E-state index < -0.39 is 13.6 Å². The lowest BCUT2D eigenvalue weighted by atomic mass is 10.3. The molecule has 0 atom stereocenters. The van der Waals surface area contributed by atoms with E-state index in [4.69, 9.17) is 0 Å². The van der Waals surface area contributed by atoms with E-state index in [0.717, 1.165) is 25.9 Å². The van der Waals surface area contributed by atoms with Crippen LogP contribution in [0.1, 0.15) is 25.7 Å². The number of hydrogen-bond donors (Lipinski definition) is 0. The number of alkyl halides is 2. The van der Waals surface area contributed by atoms with E-state index in [1.165, 1.54) is 0 Å². The van der Waals surface area contributed by atoms with Crippen LogP contribution in [0.2, 0.25) is 19.6 Å². The van der Waals surface area contributed by atoms with Crippen molar-refractivity contribution in [2.75, 3.05) is 13.1 Å². The van der Waals surface area contributed by atoms with Gasteiger partial charge in [-0.1, -0.05) is 19.6 Å². The van der Waals surface area contributed by atoms with Crippen LogP contribution in [0.15, 0.2) is 0 Å². The Balaban J connectivity index is 2.41. The fourth-order valence-corrected chi connectivity index (χ4v) is 2.64. The summed E-state index contributed by atoms with van der Waals surface area (Å²) in [5.74, 6) is -0.101. The summed E-state index contributed by atoms with van der Waals surface area (Å²) in [7, 11) is -2.50. The highest BCUT2D eigenvalue weighted by molar-refractivity contribution is 6.78. The van der Waals surface area contributed by atoms with Crippen LogP contribution in [0.4, 0.5) is 8.78 Å². The Morgan fingerprint density at radius 3 is 2.19 bits per heavy atom. The molecule has 1 rings (SSSR count). The first-order valence-electron chi connectivity index (χ1n) is 5.90. The fourth-order valence-electron chi connectivity index (χ4n) is 1.76. The minimum atomic E-state index is -2.64. The van der Waals surface area contributed by atoms with Gasteiger partial charge >= 0.3 is 0 Å². The molecule has 1 amide bonds. The Kier molecular flexibility index (Phi) is 4.10. The summed E-state index contributed by atoms with van der Waals surface area (Å²) in [4.78, 5) is 13.3. The van der Waals surface area contributed by atoms with Crippen LogP contribution >= 0.6 is 0 Å². The molecular formula is C11H21F2NOSi. The Morgan fingerprint density at radius 2 is 1.75 bits per heavy atom. The van der Waals surface area contributed by atoms with E-state index in [9.17, 15) is 13.6 Å². The lowest BCUT2D eigenvalue weighted by Crippen LogP contribution is -2.45. The van der Waals surface area contributed by atoms with Gasteiger partial charge in [0.15, 0.2) is 0 Å². The summed E-state index contributed by atoms with van der Waals surface area (Å²) < 4.78 is 27.3. The smallest absolute Gasteiger partial charge is 0.229 e. The molecule has 0 aromatic rings. The van der Waals surface area contributed by atoms with E-state index in [2.05, 4.69) is 0 Å². The van der Waals surface area contributed by atoms with Crippen LogP contribution in [0.5, 0.6) is 0 Å². The maximum Gasteiger partial charge on any atom is 0.229 e. The molecule has 0 unspecified atom stereocenters. The molecule has 2 nitrogen and oxygen atoms in total. The SMILES string of the molecule is C[Si](C)(C)C(F)(F)CCC(=O)N1CCCC1. The third-order valence-corrected chi connectivity index (χ3v) is 5.65. The highest BCUT2D eigenvalue weighted by atomic mass is 28.3. The van der Waals surface area contributed by atoms with E-state index in [1.54, 1.807) is 24.5 Å². The largest absolute Gasteiger partial charge is 0.343 e. The van der Waals surface area contributed by atoms with Gasteiger partial charge in [0.1, 0.15) is 8.07 Å². The van der Waals surface area contributed by atoms with Crippen molar-refractivity contribution in [3.05, 3.63) is 0 Å². The predicted molar refractivity (Wildman–Crippen MR) is 63.3 cm³/mol. The first-order valence-corrected chi connectivity index (χ1v) is 9.40. The quantitative estimate of drug-likeness (QED) is 0.702. The molecule has 1 saturated heterocycles. The van der Waals surface area contributed by atoms with Gasteiger partial charge in [0.25, 0.3) is 0 Å². The first kappa shape index (κ1) is 13.6. The highest BCUT2D eigenvalue weighted by Crippen LogP contribution is 2.31. The summed E-state index contributed by atoms with van der Waals surface area (Å²) in [6.45, 7) is 6.43. The highest BCUT2D eigenvalue weighted by Gasteiger charge is 2.44. The van der Waals surface area contributed by atoms with Crippen molar-refractivity contribution in [2.45, 2.75) is 50.9 Å². The maximum absolute atomic E-state index is 13.7. The molecule has 1 aliphatic heterocycles. The molecule has 1 aliphatic rings. The van der Waals surface area contributed by atoms with Crippen molar-refractivity contribution in [1.29, 1.82) is 0 Å². The lowest BCUT2D eigenvalue weighted by Gasteiger charge is -2.29. The molecule has 0 spiro atoms. The van der Waals surface area contributed by atoms with Crippen LogP contribution in [0.25, 0.3) is 0 Å². The van der Waals surface area contributed by atoms with Gasteiger partial charge in [-0.05, 0) is 12.8 Å².